The highest BCUT2D eigenvalue weighted by atomic mass is 16.5. The maximum atomic E-state index is 9.64. The van der Waals surface area contributed by atoms with Crippen molar-refractivity contribution in [2.45, 2.75) is 32.5 Å². The Morgan fingerprint density at radius 3 is 2.33 bits per heavy atom. The first-order valence-electron chi connectivity index (χ1n) is 10.7. The van der Waals surface area contributed by atoms with Crippen LogP contribution in [0.1, 0.15) is 24.5 Å². The predicted octanol–water partition coefficient (Wildman–Crippen LogP) is 3.17. The van der Waals surface area contributed by atoms with Gasteiger partial charge in [-0.25, -0.2) is 0 Å². The second kappa shape index (κ2) is 11.2. The number of ether oxygens (including phenoxy) is 3. The maximum Gasteiger partial charge on any atom is 0.122 e. The van der Waals surface area contributed by atoms with Crippen LogP contribution in [0.5, 0.6) is 17.2 Å². The van der Waals surface area contributed by atoms with E-state index in [1.54, 1.807) is 14.2 Å². The van der Waals surface area contributed by atoms with E-state index in [0.717, 1.165) is 62.0 Å². The van der Waals surface area contributed by atoms with Crippen LogP contribution in [0.15, 0.2) is 42.5 Å². The van der Waals surface area contributed by atoms with Gasteiger partial charge in [-0.05, 0) is 48.7 Å². The number of benzene rings is 2. The fourth-order valence-corrected chi connectivity index (χ4v) is 4.08. The first-order chi connectivity index (χ1) is 14.6. The quantitative estimate of drug-likeness (QED) is 0.645. The molecule has 164 valence electrons. The minimum absolute atomic E-state index is 0.191. The van der Waals surface area contributed by atoms with Crippen LogP contribution in [0, 0.1) is 0 Å². The van der Waals surface area contributed by atoms with Crippen molar-refractivity contribution in [3.05, 3.63) is 53.6 Å². The number of aliphatic hydroxyl groups excluding tert-OH is 1. The summed E-state index contributed by atoms with van der Waals surface area (Å²) in [5.74, 6) is 2.53. The molecule has 6 heteroatoms. The molecule has 0 radical (unpaired) electrons. The Morgan fingerprint density at radius 2 is 1.67 bits per heavy atom. The van der Waals surface area contributed by atoms with E-state index in [0.29, 0.717) is 12.6 Å². The van der Waals surface area contributed by atoms with Crippen molar-refractivity contribution in [2.75, 3.05) is 47.1 Å². The number of nitrogens with zero attached hydrogens (tertiary/aromatic N) is 2. The molecule has 0 bridgehead atoms. The lowest BCUT2D eigenvalue weighted by Gasteiger charge is -2.41. The van der Waals surface area contributed by atoms with Crippen molar-refractivity contribution >= 4 is 0 Å². The van der Waals surface area contributed by atoms with Crippen LogP contribution in [0.3, 0.4) is 0 Å². The molecule has 30 heavy (non-hydrogen) atoms. The Balaban J connectivity index is 1.66. The molecular weight excluding hydrogens is 380 g/mol. The summed E-state index contributed by atoms with van der Waals surface area (Å²) in [5.41, 5.74) is 2.42. The highest BCUT2D eigenvalue weighted by molar-refractivity contribution is 5.38. The van der Waals surface area contributed by atoms with Crippen molar-refractivity contribution in [3.8, 4) is 17.2 Å². The van der Waals surface area contributed by atoms with Crippen molar-refractivity contribution in [3.63, 3.8) is 0 Å². The van der Waals surface area contributed by atoms with Crippen molar-refractivity contribution in [1.29, 1.82) is 0 Å². The highest BCUT2D eigenvalue weighted by Crippen LogP contribution is 2.26. The second-order valence-electron chi connectivity index (χ2n) is 7.67. The van der Waals surface area contributed by atoms with Gasteiger partial charge in [0.15, 0.2) is 0 Å². The number of piperazine rings is 1. The van der Waals surface area contributed by atoms with Gasteiger partial charge in [-0.1, -0.05) is 12.1 Å². The predicted molar refractivity (Wildman–Crippen MR) is 118 cm³/mol. The molecule has 1 N–H and O–H groups in total. The summed E-state index contributed by atoms with van der Waals surface area (Å²) in [6, 6.07) is 14.6. The average molecular weight is 415 g/mol. The van der Waals surface area contributed by atoms with E-state index >= 15 is 0 Å². The number of rotatable bonds is 10. The normalized spacial score (nSPS) is 17.7. The van der Waals surface area contributed by atoms with Gasteiger partial charge in [0.25, 0.3) is 0 Å². The first kappa shape index (κ1) is 22.4. The van der Waals surface area contributed by atoms with Crippen LogP contribution in [0.4, 0.5) is 0 Å². The van der Waals surface area contributed by atoms with Crippen LogP contribution in [0.2, 0.25) is 0 Å². The molecule has 6 nitrogen and oxygen atoms in total. The molecule has 2 aromatic rings. The molecule has 0 aromatic heterocycles. The van der Waals surface area contributed by atoms with E-state index in [1.165, 1.54) is 5.56 Å². The van der Waals surface area contributed by atoms with Crippen LogP contribution in [-0.4, -0.2) is 68.0 Å². The average Bonchev–Trinajstić information content (AvgIpc) is 2.76. The van der Waals surface area contributed by atoms with Crippen LogP contribution in [0.25, 0.3) is 0 Å². The Labute approximate surface area is 180 Å². The molecule has 0 amide bonds. The van der Waals surface area contributed by atoms with Crippen LogP contribution >= 0.6 is 0 Å². The minimum atomic E-state index is 0.191. The Hall–Kier alpha value is -2.28. The molecule has 1 heterocycles. The van der Waals surface area contributed by atoms with Gasteiger partial charge < -0.3 is 19.3 Å². The lowest BCUT2D eigenvalue weighted by atomic mass is 10.1. The zero-order valence-electron chi connectivity index (χ0n) is 18.3. The summed E-state index contributed by atoms with van der Waals surface area (Å²) >= 11 is 0. The Morgan fingerprint density at radius 1 is 0.933 bits per heavy atom. The van der Waals surface area contributed by atoms with E-state index in [4.69, 9.17) is 14.2 Å². The molecule has 0 aliphatic carbocycles. The summed E-state index contributed by atoms with van der Waals surface area (Å²) in [4.78, 5) is 4.92. The van der Waals surface area contributed by atoms with Gasteiger partial charge >= 0.3 is 0 Å². The third-order valence-electron chi connectivity index (χ3n) is 5.56. The third-order valence-corrected chi connectivity index (χ3v) is 5.56. The number of hydrogen-bond acceptors (Lipinski definition) is 6. The number of hydrogen-bond donors (Lipinski definition) is 1. The molecule has 0 unspecified atom stereocenters. The van der Waals surface area contributed by atoms with Gasteiger partial charge in [0.05, 0.1) is 20.8 Å². The summed E-state index contributed by atoms with van der Waals surface area (Å²) in [5, 5.41) is 9.64. The fourth-order valence-electron chi connectivity index (χ4n) is 4.08. The molecular formula is C24H34N2O4. The second-order valence-corrected chi connectivity index (χ2v) is 7.67. The minimum Gasteiger partial charge on any atom is -0.497 e. The van der Waals surface area contributed by atoms with Crippen molar-refractivity contribution in [1.82, 2.24) is 9.80 Å². The molecule has 3 rings (SSSR count). The van der Waals surface area contributed by atoms with Crippen molar-refractivity contribution in [2.24, 2.45) is 0 Å². The lowest BCUT2D eigenvalue weighted by molar-refractivity contribution is 0.0499. The molecule has 2 aromatic carbocycles. The van der Waals surface area contributed by atoms with Gasteiger partial charge in [0.1, 0.15) is 17.2 Å². The molecule has 1 saturated heterocycles. The van der Waals surface area contributed by atoms with E-state index in [9.17, 15) is 5.11 Å². The Bertz CT molecular complexity index is 776. The summed E-state index contributed by atoms with van der Waals surface area (Å²) in [6.07, 6.45) is 0.761. The first-order valence-corrected chi connectivity index (χ1v) is 10.7. The van der Waals surface area contributed by atoms with E-state index in [1.807, 2.05) is 19.1 Å². The van der Waals surface area contributed by atoms with Gasteiger partial charge in [0.2, 0.25) is 0 Å². The summed E-state index contributed by atoms with van der Waals surface area (Å²) in [7, 11) is 3.35. The maximum absolute atomic E-state index is 9.64. The molecule has 0 saturated carbocycles. The molecule has 0 spiro atoms. The molecule has 1 atom stereocenters. The largest absolute Gasteiger partial charge is 0.497 e. The van der Waals surface area contributed by atoms with E-state index < -0.39 is 0 Å². The molecule has 1 aliphatic heterocycles. The SMILES string of the molecule is CCOc1cccc(CN2CCN(Cc3cc(OC)cc(OC)c3)[C@H](CCO)C2)c1. The van der Waals surface area contributed by atoms with Crippen LogP contribution in [-0.2, 0) is 13.1 Å². The zero-order chi connectivity index (χ0) is 21.3. The molecule has 1 fully saturated rings. The Kier molecular flexibility index (Phi) is 8.37. The summed E-state index contributed by atoms with van der Waals surface area (Å²) < 4.78 is 16.5. The zero-order valence-corrected chi connectivity index (χ0v) is 18.3. The van der Waals surface area contributed by atoms with Gasteiger partial charge in [-0.15, -0.1) is 0 Å². The topological polar surface area (TPSA) is 54.4 Å². The van der Waals surface area contributed by atoms with Gasteiger partial charge in [-0.3, -0.25) is 9.80 Å². The fraction of sp³-hybridized carbons (Fsp3) is 0.500. The lowest BCUT2D eigenvalue weighted by Crippen LogP contribution is -2.52. The van der Waals surface area contributed by atoms with Crippen molar-refractivity contribution < 1.29 is 19.3 Å². The number of methoxy groups -OCH3 is 2. The highest BCUT2D eigenvalue weighted by Gasteiger charge is 2.27. The standard InChI is InChI=1S/C24H34N2O4/c1-4-30-22-7-5-6-19(12-22)16-25-9-10-26(21(18-25)8-11-27)17-20-13-23(28-2)15-24(14-20)29-3/h5-7,12-15,21,27H,4,8-11,16-18H2,1-3H3/t21-/m1/s1. The van der Waals surface area contributed by atoms with E-state index in [2.05, 4.69) is 40.1 Å². The third kappa shape index (κ3) is 6.11. The van der Waals surface area contributed by atoms with Gasteiger partial charge in [0, 0.05) is 51.4 Å². The number of aliphatic hydroxyl groups is 1. The van der Waals surface area contributed by atoms with E-state index in [-0.39, 0.29) is 6.61 Å². The monoisotopic (exact) mass is 414 g/mol. The van der Waals surface area contributed by atoms with Crippen LogP contribution < -0.4 is 14.2 Å². The molecule has 1 aliphatic rings. The van der Waals surface area contributed by atoms with Gasteiger partial charge in [-0.2, -0.15) is 0 Å². The smallest absolute Gasteiger partial charge is 0.122 e. The summed E-state index contributed by atoms with van der Waals surface area (Å²) in [6.45, 7) is 7.45.